The third-order valence-electron chi connectivity index (χ3n) is 8.97. The van der Waals surface area contributed by atoms with Crippen LogP contribution in [0.1, 0.15) is 56.2 Å². The number of halogens is 5. The Morgan fingerprint density at radius 3 is 1.46 bits per heavy atom. The molecule has 6 nitrogen and oxygen atoms in total. The van der Waals surface area contributed by atoms with Crippen molar-refractivity contribution in [3.8, 4) is 33.8 Å². The van der Waals surface area contributed by atoms with Gasteiger partial charge < -0.3 is 18.9 Å². The van der Waals surface area contributed by atoms with Crippen LogP contribution in [0.5, 0.6) is 11.5 Å². The summed E-state index contributed by atoms with van der Waals surface area (Å²) in [5.74, 6) is -2.96. The molecule has 1 saturated carbocycles. The Morgan fingerprint density at radius 2 is 1.02 bits per heavy atom. The van der Waals surface area contributed by atoms with Crippen LogP contribution in [0.2, 0.25) is 0 Å². The Morgan fingerprint density at radius 1 is 0.571 bits per heavy atom. The minimum atomic E-state index is -0.712. The molecule has 1 fully saturated rings. The van der Waals surface area contributed by atoms with Crippen molar-refractivity contribution in [2.75, 3.05) is 14.2 Å². The van der Waals surface area contributed by atoms with Gasteiger partial charge in [0.2, 0.25) is 0 Å². The SMILES string of the molecule is COC(=O)c1cc(Br)c(-c2ccc(F)cc2F)cc1OCc1ccccc1.COC(=O)c1cc(C2CC2)c(-c2ccc(F)cc2F)cc1OCc1ccccc1. The minimum absolute atomic E-state index is 0.184. The predicted octanol–water partition coefficient (Wildman–Crippen LogP) is 11.6. The van der Waals surface area contributed by atoms with E-state index >= 15 is 0 Å². The van der Waals surface area contributed by atoms with E-state index < -0.39 is 35.2 Å². The number of esters is 2. The largest absolute Gasteiger partial charge is 0.488 e. The third-order valence-corrected chi connectivity index (χ3v) is 9.62. The molecule has 286 valence electrons. The Hall–Kier alpha value is -5.94. The van der Waals surface area contributed by atoms with Crippen molar-refractivity contribution in [1.82, 2.24) is 0 Å². The second-order valence-corrected chi connectivity index (χ2v) is 13.7. The standard InChI is InChI=1S/C24H20F2O3.C21H15BrF2O3/c1-28-24(27)21-12-19(16-7-8-16)20(18-10-9-17(25)11-22(18)26)13-23(21)29-14-15-5-3-2-4-6-15;1-26-21(25)17-10-18(22)16(15-8-7-14(23)9-19(15)24)11-20(17)27-12-13-5-3-2-4-6-13/h2-6,9-13,16H,7-8,14H2,1H3;2-11H,12H2,1H3. The molecule has 0 amide bonds. The van der Waals surface area contributed by atoms with Crippen LogP contribution < -0.4 is 9.47 Å². The second-order valence-electron chi connectivity index (χ2n) is 12.8. The molecule has 0 radical (unpaired) electrons. The number of methoxy groups -OCH3 is 2. The molecule has 1 aliphatic rings. The molecule has 0 aromatic heterocycles. The van der Waals surface area contributed by atoms with Crippen LogP contribution in [0.4, 0.5) is 17.6 Å². The number of carbonyl (C=O) groups excluding carboxylic acids is 2. The number of rotatable bonds is 11. The van der Waals surface area contributed by atoms with Crippen molar-refractivity contribution in [3.05, 3.63) is 177 Å². The first-order chi connectivity index (χ1) is 27.1. The van der Waals surface area contributed by atoms with Gasteiger partial charge in [-0.15, -0.1) is 0 Å². The highest BCUT2D eigenvalue weighted by Crippen LogP contribution is 2.47. The van der Waals surface area contributed by atoms with Gasteiger partial charge in [-0.1, -0.05) is 76.6 Å². The summed E-state index contributed by atoms with van der Waals surface area (Å²) in [6.45, 7) is 0.469. The highest BCUT2D eigenvalue weighted by molar-refractivity contribution is 9.10. The number of hydrogen-bond donors (Lipinski definition) is 0. The quantitative estimate of drug-likeness (QED) is 0.0957. The Bertz CT molecular complexity index is 2350. The number of hydrogen-bond acceptors (Lipinski definition) is 6. The summed E-state index contributed by atoms with van der Waals surface area (Å²) >= 11 is 3.34. The maximum atomic E-state index is 14.5. The lowest BCUT2D eigenvalue weighted by atomic mass is 9.93. The summed E-state index contributed by atoms with van der Waals surface area (Å²) in [6.07, 6.45) is 1.92. The molecule has 1 aliphatic carbocycles. The average molecular weight is 828 g/mol. The number of carbonyl (C=O) groups is 2. The Kier molecular flexibility index (Phi) is 12.9. The van der Waals surface area contributed by atoms with E-state index in [9.17, 15) is 27.2 Å². The van der Waals surface area contributed by atoms with E-state index in [0.29, 0.717) is 26.9 Å². The predicted molar refractivity (Wildman–Crippen MR) is 207 cm³/mol. The molecule has 0 spiro atoms. The molecule has 11 heteroatoms. The summed E-state index contributed by atoms with van der Waals surface area (Å²) in [5.41, 5.74) is 4.71. The topological polar surface area (TPSA) is 71.1 Å². The first-order valence-electron chi connectivity index (χ1n) is 17.5. The van der Waals surface area contributed by atoms with Crippen molar-refractivity contribution >= 4 is 27.9 Å². The molecular formula is C45H35BrF4O6. The zero-order valence-corrected chi connectivity index (χ0v) is 31.9. The van der Waals surface area contributed by atoms with Crippen LogP contribution in [0, 0.1) is 23.3 Å². The zero-order valence-electron chi connectivity index (χ0n) is 30.3. The summed E-state index contributed by atoms with van der Waals surface area (Å²) in [5, 5.41) is 0. The molecule has 0 N–H and O–H groups in total. The highest BCUT2D eigenvalue weighted by atomic mass is 79.9. The van der Waals surface area contributed by atoms with Gasteiger partial charge in [-0.25, -0.2) is 27.2 Å². The molecule has 0 unspecified atom stereocenters. The number of benzene rings is 6. The fraction of sp³-hybridized carbons (Fsp3) is 0.156. The maximum absolute atomic E-state index is 14.5. The van der Waals surface area contributed by atoms with E-state index in [1.807, 2.05) is 60.7 Å². The van der Waals surface area contributed by atoms with Gasteiger partial charge in [0.25, 0.3) is 0 Å². The van der Waals surface area contributed by atoms with Crippen molar-refractivity contribution in [1.29, 1.82) is 0 Å². The van der Waals surface area contributed by atoms with Crippen LogP contribution in [-0.4, -0.2) is 26.2 Å². The molecule has 0 bridgehead atoms. The van der Waals surface area contributed by atoms with Crippen molar-refractivity contribution < 1.29 is 46.1 Å². The Labute approximate surface area is 329 Å². The lowest BCUT2D eigenvalue weighted by Crippen LogP contribution is -2.08. The third kappa shape index (κ3) is 9.64. The zero-order chi connectivity index (χ0) is 39.8. The van der Waals surface area contributed by atoms with E-state index in [1.54, 1.807) is 12.1 Å². The van der Waals surface area contributed by atoms with Gasteiger partial charge in [-0.05, 0) is 89.5 Å². The van der Waals surface area contributed by atoms with Crippen molar-refractivity contribution in [2.24, 2.45) is 0 Å². The average Bonchev–Trinajstić information content (AvgIpc) is 4.06. The van der Waals surface area contributed by atoms with E-state index in [2.05, 4.69) is 15.9 Å². The lowest BCUT2D eigenvalue weighted by Gasteiger charge is -2.17. The van der Waals surface area contributed by atoms with E-state index in [-0.39, 0.29) is 41.6 Å². The molecular weight excluding hydrogens is 792 g/mol. The number of ether oxygens (including phenoxy) is 4. The Balaban J connectivity index is 0.000000190. The molecule has 0 saturated heterocycles. The molecule has 6 aromatic carbocycles. The van der Waals surface area contributed by atoms with Gasteiger partial charge >= 0.3 is 11.9 Å². The second kappa shape index (κ2) is 18.1. The van der Waals surface area contributed by atoms with Gasteiger partial charge in [0, 0.05) is 33.3 Å². The van der Waals surface area contributed by atoms with Gasteiger partial charge in [-0.2, -0.15) is 0 Å². The fourth-order valence-electron chi connectivity index (χ4n) is 5.99. The summed E-state index contributed by atoms with van der Waals surface area (Å²) in [4.78, 5) is 24.5. The van der Waals surface area contributed by atoms with Crippen LogP contribution in [0.25, 0.3) is 22.3 Å². The smallest absolute Gasteiger partial charge is 0.341 e. The lowest BCUT2D eigenvalue weighted by molar-refractivity contribution is 0.0586. The maximum Gasteiger partial charge on any atom is 0.341 e. The summed E-state index contributed by atoms with van der Waals surface area (Å²) in [6, 6.07) is 32.2. The van der Waals surface area contributed by atoms with Crippen LogP contribution in [0.3, 0.4) is 0 Å². The molecule has 0 heterocycles. The van der Waals surface area contributed by atoms with Gasteiger partial charge in [0.15, 0.2) is 0 Å². The first kappa shape index (κ1) is 39.7. The summed E-state index contributed by atoms with van der Waals surface area (Å²) < 4.78 is 77.3. The molecule has 56 heavy (non-hydrogen) atoms. The minimum Gasteiger partial charge on any atom is -0.488 e. The molecule has 0 atom stereocenters. The molecule has 6 aromatic rings. The van der Waals surface area contributed by atoms with Crippen LogP contribution in [-0.2, 0) is 22.7 Å². The van der Waals surface area contributed by atoms with Gasteiger partial charge in [0.05, 0.1) is 14.2 Å². The van der Waals surface area contributed by atoms with Crippen LogP contribution in [0.15, 0.2) is 126 Å². The summed E-state index contributed by atoms with van der Waals surface area (Å²) in [7, 11) is 2.58. The molecule has 7 rings (SSSR count). The van der Waals surface area contributed by atoms with Crippen molar-refractivity contribution in [2.45, 2.75) is 32.0 Å². The van der Waals surface area contributed by atoms with E-state index in [0.717, 1.165) is 41.7 Å². The first-order valence-corrected chi connectivity index (χ1v) is 18.3. The molecule has 0 aliphatic heterocycles. The van der Waals surface area contributed by atoms with Gasteiger partial charge in [-0.3, -0.25) is 0 Å². The highest BCUT2D eigenvalue weighted by Gasteiger charge is 2.30. The van der Waals surface area contributed by atoms with Gasteiger partial charge in [0.1, 0.15) is 59.1 Å². The normalized spacial score (nSPS) is 11.9. The van der Waals surface area contributed by atoms with Crippen LogP contribution >= 0.6 is 15.9 Å². The van der Waals surface area contributed by atoms with Crippen molar-refractivity contribution in [3.63, 3.8) is 0 Å². The fourth-order valence-corrected chi connectivity index (χ4v) is 6.54. The monoisotopic (exact) mass is 826 g/mol. The van der Waals surface area contributed by atoms with E-state index in [1.165, 1.54) is 50.6 Å². The van der Waals surface area contributed by atoms with E-state index in [4.69, 9.17) is 18.9 Å².